The second-order valence-corrected chi connectivity index (χ2v) is 8.81. The lowest BCUT2D eigenvalue weighted by atomic mass is 10.0. The van der Waals surface area contributed by atoms with E-state index in [2.05, 4.69) is 9.47 Å². The first-order chi connectivity index (χ1) is 17.1. The molecule has 0 aromatic rings. The van der Waals surface area contributed by atoms with Gasteiger partial charge in [-0.25, -0.2) is 0 Å². The Kier molecular flexibility index (Phi) is 22.2. The van der Waals surface area contributed by atoms with Crippen LogP contribution in [0.4, 0.5) is 0 Å². The molecule has 224 valence electrons. The zero-order valence-electron chi connectivity index (χ0n) is 22.6. The molecule has 0 spiro atoms. The molecule has 0 aliphatic heterocycles. The van der Waals surface area contributed by atoms with E-state index < -0.39 is 53.6 Å². The van der Waals surface area contributed by atoms with Crippen LogP contribution in [0.25, 0.3) is 0 Å². The van der Waals surface area contributed by atoms with Crippen molar-refractivity contribution in [2.75, 3.05) is 34.0 Å². The largest absolute Gasteiger partial charge is 0.469 e. The Labute approximate surface area is 224 Å². The normalized spacial score (nSPS) is 14.0. The van der Waals surface area contributed by atoms with Gasteiger partial charge < -0.3 is 39.0 Å². The van der Waals surface area contributed by atoms with Crippen LogP contribution in [-0.2, 0) is 47.7 Å². The molecule has 3 unspecified atom stereocenters. The lowest BCUT2D eigenvalue weighted by Crippen LogP contribution is -2.36. The zero-order valence-corrected chi connectivity index (χ0v) is 22.6. The summed E-state index contributed by atoms with van der Waals surface area (Å²) in [7, 11) is 2.43. The van der Waals surface area contributed by atoms with E-state index in [0.717, 1.165) is 0 Å². The minimum atomic E-state index is -1.39. The van der Waals surface area contributed by atoms with Crippen molar-refractivity contribution >= 4 is 29.8 Å². The summed E-state index contributed by atoms with van der Waals surface area (Å²) in [6.07, 6.45) is 0.121. The molecule has 0 heterocycles. The Morgan fingerprint density at radius 2 is 1.39 bits per heavy atom. The average Bonchev–Trinajstić information content (AvgIpc) is 2.82. The van der Waals surface area contributed by atoms with Crippen molar-refractivity contribution in [3.05, 3.63) is 0 Å². The Morgan fingerprint density at radius 1 is 0.868 bits per heavy atom. The van der Waals surface area contributed by atoms with E-state index in [0.29, 0.717) is 19.3 Å². The van der Waals surface area contributed by atoms with Crippen molar-refractivity contribution in [2.24, 2.45) is 0 Å². The van der Waals surface area contributed by atoms with Gasteiger partial charge in [0.25, 0.3) is 0 Å². The summed E-state index contributed by atoms with van der Waals surface area (Å²) in [5.41, 5.74) is -2.43. The number of carbonyl (C=O) groups excluding carboxylic acids is 5. The smallest absolute Gasteiger partial charge is 0.317 e. The fraction of sp³-hybridized carbons (Fsp3) is 0.800. The second kappa shape index (κ2) is 21.2. The molecule has 0 saturated heterocycles. The highest BCUT2D eigenvalue weighted by Gasteiger charge is 2.28. The first kappa shape index (κ1) is 39.7. The van der Waals surface area contributed by atoms with E-state index in [9.17, 15) is 34.2 Å². The minimum Gasteiger partial charge on any atom is -0.469 e. The number of hydrogen-bond donors (Lipinski definition) is 3. The molecule has 0 saturated carbocycles. The van der Waals surface area contributed by atoms with E-state index >= 15 is 0 Å². The molecule has 0 fully saturated rings. The molecule has 0 radical (unpaired) electrons. The lowest BCUT2D eigenvalue weighted by molar-refractivity contribution is -0.168. The zero-order chi connectivity index (χ0) is 29.1. The van der Waals surface area contributed by atoms with E-state index in [-0.39, 0.29) is 46.5 Å². The number of ether oxygens (including phenoxy) is 5. The first-order valence-electron chi connectivity index (χ1n) is 11.8. The number of aliphatic hydroxyl groups is 3. The summed E-state index contributed by atoms with van der Waals surface area (Å²) in [6, 6.07) is 0. The van der Waals surface area contributed by atoms with Crippen molar-refractivity contribution < 1.29 is 63.0 Å². The van der Waals surface area contributed by atoms with Crippen LogP contribution in [0.3, 0.4) is 0 Å². The van der Waals surface area contributed by atoms with Gasteiger partial charge in [-0.15, -0.1) is 0 Å². The third-order valence-corrected chi connectivity index (χ3v) is 4.93. The van der Waals surface area contributed by atoms with Gasteiger partial charge in [0.15, 0.2) is 0 Å². The summed E-state index contributed by atoms with van der Waals surface area (Å²) >= 11 is 0. The molecule has 0 aliphatic carbocycles. The van der Waals surface area contributed by atoms with Gasteiger partial charge in [0.2, 0.25) is 0 Å². The Balaban J connectivity index is -0.00000104. The van der Waals surface area contributed by atoms with Gasteiger partial charge in [0.1, 0.15) is 25.0 Å². The number of carbonyl (C=O) groups is 5. The molecule has 0 aromatic heterocycles. The lowest BCUT2D eigenvalue weighted by Gasteiger charge is -2.25. The van der Waals surface area contributed by atoms with Crippen molar-refractivity contribution in [3.63, 3.8) is 0 Å². The van der Waals surface area contributed by atoms with Crippen LogP contribution < -0.4 is 0 Å². The highest BCUT2D eigenvalue weighted by atomic mass is 16.6. The first-order valence-corrected chi connectivity index (χ1v) is 11.8. The fourth-order valence-electron chi connectivity index (χ4n) is 2.27. The van der Waals surface area contributed by atoms with Gasteiger partial charge in [0.05, 0.1) is 39.1 Å². The minimum absolute atomic E-state index is 0. The summed E-state index contributed by atoms with van der Waals surface area (Å²) in [5.74, 6) is -3.26. The van der Waals surface area contributed by atoms with Crippen molar-refractivity contribution in [2.45, 2.75) is 97.4 Å². The molecule has 0 rings (SSSR count). The third kappa shape index (κ3) is 22.4. The standard InChI is InChI=1S/C19H34O9.C5H8O4.CH4/c1-5-19(4,12-20)28-17(24)11-16(23)26-10-9-18(3,25)13-27-15(22)8-6-7-14(2)21;1-8-4(6)3-5(7)9-2;/h14,20-21,25H,5-13H2,1-4H3;3H2,1-2H3;1H4. The van der Waals surface area contributed by atoms with Gasteiger partial charge in [0, 0.05) is 12.8 Å². The van der Waals surface area contributed by atoms with E-state index in [1.165, 1.54) is 21.1 Å². The molecule has 3 atom stereocenters. The number of aliphatic hydroxyl groups excluding tert-OH is 2. The summed E-state index contributed by atoms with van der Waals surface area (Å²) in [5, 5.41) is 28.5. The monoisotopic (exact) mass is 554 g/mol. The Hall–Kier alpha value is -2.77. The van der Waals surface area contributed by atoms with Gasteiger partial charge in [-0.3, -0.25) is 24.0 Å². The van der Waals surface area contributed by atoms with Gasteiger partial charge in [-0.2, -0.15) is 0 Å². The maximum atomic E-state index is 11.7. The van der Waals surface area contributed by atoms with Crippen molar-refractivity contribution in [1.82, 2.24) is 0 Å². The van der Waals surface area contributed by atoms with E-state index in [1.54, 1.807) is 20.8 Å². The summed E-state index contributed by atoms with van der Waals surface area (Å²) < 4.78 is 23.3. The predicted octanol–water partition coefficient (Wildman–Crippen LogP) is 1.22. The third-order valence-electron chi connectivity index (χ3n) is 4.93. The summed E-state index contributed by atoms with van der Waals surface area (Å²) in [4.78, 5) is 55.4. The Bertz CT molecular complexity index is 698. The van der Waals surface area contributed by atoms with Gasteiger partial charge >= 0.3 is 29.8 Å². The predicted molar refractivity (Wildman–Crippen MR) is 135 cm³/mol. The molecular formula is C25H46O13. The highest BCUT2D eigenvalue weighted by molar-refractivity contribution is 5.91. The maximum Gasteiger partial charge on any atom is 0.317 e. The molecule has 0 aliphatic rings. The SMILES string of the molecule is C.CCC(C)(CO)OC(=O)CC(=O)OCCC(C)(O)COC(=O)CCCC(C)O.COC(=O)CC(=O)OC. The van der Waals surface area contributed by atoms with Crippen molar-refractivity contribution in [3.8, 4) is 0 Å². The van der Waals surface area contributed by atoms with Crippen LogP contribution in [-0.4, -0.2) is 96.5 Å². The molecule has 0 amide bonds. The topological polar surface area (TPSA) is 192 Å². The van der Waals surface area contributed by atoms with E-state index in [1.807, 2.05) is 0 Å². The van der Waals surface area contributed by atoms with Crippen LogP contribution in [0.5, 0.6) is 0 Å². The van der Waals surface area contributed by atoms with Crippen LogP contribution in [0.1, 0.15) is 80.1 Å². The maximum absolute atomic E-state index is 11.7. The Morgan fingerprint density at radius 3 is 1.84 bits per heavy atom. The quantitative estimate of drug-likeness (QED) is 0.140. The van der Waals surface area contributed by atoms with Crippen LogP contribution >= 0.6 is 0 Å². The molecule has 0 aromatic carbocycles. The summed E-state index contributed by atoms with van der Waals surface area (Å²) in [6.45, 7) is 5.58. The molecule has 3 N–H and O–H groups in total. The fourth-order valence-corrected chi connectivity index (χ4v) is 2.27. The van der Waals surface area contributed by atoms with Gasteiger partial charge in [-0.1, -0.05) is 14.4 Å². The van der Waals surface area contributed by atoms with Crippen LogP contribution in [0.2, 0.25) is 0 Å². The number of rotatable bonds is 16. The van der Waals surface area contributed by atoms with Crippen LogP contribution in [0, 0.1) is 0 Å². The highest BCUT2D eigenvalue weighted by Crippen LogP contribution is 2.16. The molecule has 38 heavy (non-hydrogen) atoms. The molecular weight excluding hydrogens is 508 g/mol. The second-order valence-electron chi connectivity index (χ2n) is 8.81. The molecule has 13 heteroatoms. The molecule has 13 nitrogen and oxygen atoms in total. The number of hydrogen-bond acceptors (Lipinski definition) is 13. The van der Waals surface area contributed by atoms with Crippen molar-refractivity contribution in [1.29, 1.82) is 0 Å². The average molecular weight is 555 g/mol. The molecule has 0 bridgehead atoms. The number of methoxy groups -OCH3 is 2. The van der Waals surface area contributed by atoms with Crippen LogP contribution in [0.15, 0.2) is 0 Å². The van der Waals surface area contributed by atoms with Gasteiger partial charge in [-0.05, 0) is 40.0 Å². The van der Waals surface area contributed by atoms with E-state index in [4.69, 9.17) is 19.3 Å². The number of esters is 5.